The normalized spacial score (nSPS) is 10.0. The van der Waals surface area contributed by atoms with Gasteiger partial charge in [-0.3, -0.25) is 0 Å². The molecular formula is C15H17N2O2+. The van der Waals surface area contributed by atoms with E-state index in [0.717, 1.165) is 5.56 Å². The first kappa shape index (κ1) is 13.1. The highest BCUT2D eigenvalue weighted by atomic mass is 16.6. The summed E-state index contributed by atoms with van der Waals surface area (Å²) in [6.07, 6.45) is 3.30. The van der Waals surface area contributed by atoms with Crippen LogP contribution in [-0.4, -0.2) is 18.0 Å². The lowest BCUT2D eigenvalue weighted by Gasteiger charge is -2.16. The zero-order chi connectivity index (χ0) is 13.7. The third-order valence-corrected chi connectivity index (χ3v) is 2.73. The molecule has 2 aromatic rings. The predicted molar refractivity (Wildman–Crippen MR) is 71.6 cm³/mol. The van der Waals surface area contributed by atoms with Gasteiger partial charge in [-0.15, -0.1) is 0 Å². The Morgan fingerprint density at radius 3 is 2.42 bits per heavy atom. The first-order valence-electron chi connectivity index (χ1n) is 6.07. The molecule has 4 heteroatoms. The second-order valence-electron chi connectivity index (χ2n) is 4.41. The van der Waals surface area contributed by atoms with E-state index in [1.807, 2.05) is 54.3 Å². The summed E-state index contributed by atoms with van der Waals surface area (Å²) in [5.41, 5.74) is 1.07. The van der Waals surface area contributed by atoms with Gasteiger partial charge in [0.2, 0.25) is 0 Å². The van der Waals surface area contributed by atoms with Crippen LogP contribution in [0.3, 0.4) is 0 Å². The highest BCUT2D eigenvalue weighted by Gasteiger charge is 2.12. The molecular weight excluding hydrogens is 240 g/mol. The molecule has 0 saturated heterocycles. The van der Waals surface area contributed by atoms with E-state index in [9.17, 15) is 4.79 Å². The van der Waals surface area contributed by atoms with Gasteiger partial charge in [0.15, 0.2) is 12.4 Å². The van der Waals surface area contributed by atoms with Gasteiger partial charge in [-0.1, -0.05) is 30.3 Å². The van der Waals surface area contributed by atoms with Crippen LogP contribution in [0, 0.1) is 0 Å². The van der Waals surface area contributed by atoms with E-state index >= 15 is 0 Å². The van der Waals surface area contributed by atoms with Crippen molar-refractivity contribution >= 4 is 6.09 Å². The lowest BCUT2D eigenvalue weighted by atomic mass is 10.2. The van der Waals surface area contributed by atoms with Crippen LogP contribution >= 0.6 is 0 Å². The van der Waals surface area contributed by atoms with E-state index in [0.29, 0.717) is 12.3 Å². The lowest BCUT2D eigenvalue weighted by Crippen LogP contribution is -2.30. The predicted octanol–water partition coefficient (Wildman–Crippen LogP) is 2.14. The Balaban J connectivity index is 1.94. The maximum atomic E-state index is 11.9. The average Bonchev–Trinajstić information content (AvgIpc) is 2.42. The van der Waals surface area contributed by atoms with E-state index in [4.69, 9.17) is 4.74 Å². The van der Waals surface area contributed by atoms with Crippen LogP contribution < -0.4 is 9.30 Å². The highest BCUT2D eigenvalue weighted by molar-refractivity contribution is 5.70. The number of hydrogen-bond acceptors (Lipinski definition) is 2. The lowest BCUT2D eigenvalue weighted by molar-refractivity contribution is -0.671. The molecule has 4 nitrogen and oxygen atoms in total. The van der Waals surface area contributed by atoms with E-state index in [1.54, 1.807) is 24.1 Å². The van der Waals surface area contributed by atoms with Gasteiger partial charge in [-0.05, 0) is 5.56 Å². The molecule has 0 radical (unpaired) electrons. The summed E-state index contributed by atoms with van der Waals surface area (Å²) in [6, 6.07) is 13.3. The molecule has 2 rings (SSSR count). The minimum atomic E-state index is -0.363. The van der Waals surface area contributed by atoms with Gasteiger partial charge in [-0.25, -0.2) is 9.36 Å². The molecule has 19 heavy (non-hydrogen) atoms. The molecule has 0 fully saturated rings. The van der Waals surface area contributed by atoms with Crippen LogP contribution in [0.5, 0.6) is 5.75 Å². The van der Waals surface area contributed by atoms with Crippen molar-refractivity contribution in [2.24, 2.45) is 7.05 Å². The molecule has 0 saturated carbocycles. The Kier molecular flexibility index (Phi) is 4.13. The van der Waals surface area contributed by atoms with Crippen molar-refractivity contribution in [1.29, 1.82) is 0 Å². The Bertz CT molecular complexity index is 538. The molecule has 0 spiro atoms. The molecule has 0 aliphatic rings. The monoisotopic (exact) mass is 257 g/mol. The minimum Gasteiger partial charge on any atom is -0.410 e. The van der Waals surface area contributed by atoms with E-state index in [-0.39, 0.29) is 6.09 Å². The van der Waals surface area contributed by atoms with Gasteiger partial charge in [0, 0.05) is 25.7 Å². The molecule has 0 aliphatic carbocycles. The molecule has 98 valence electrons. The summed E-state index contributed by atoms with van der Waals surface area (Å²) in [6.45, 7) is 0.528. The van der Waals surface area contributed by atoms with E-state index < -0.39 is 0 Å². The molecule has 0 atom stereocenters. The number of hydrogen-bond donors (Lipinski definition) is 0. The topological polar surface area (TPSA) is 33.4 Å². The van der Waals surface area contributed by atoms with Crippen LogP contribution in [0.25, 0.3) is 0 Å². The number of rotatable bonds is 3. The molecule has 0 unspecified atom stereocenters. The van der Waals surface area contributed by atoms with Crippen molar-refractivity contribution < 1.29 is 14.1 Å². The quantitative estimate of drug-likeness (QED) is 0.789. The number of aromatic nitrogens is 1. The summed E-state index contributed by atoms with van der Waals surface area (Å²) in [5.74, 6) is 0.544. The molecule has 0 bridgehead atoms. The van der Waals surface area contributed by atoms with E-state index in [2.05, 4.69) is 0 Å². The molecule has 1 amide bonds. The summed E-state index contributed by atoms with van der Waals surface area (Å²) < 4.78 is 7.16. The number of carbonyl (C=O) groups is 1. The molecule has 1 aromatic heterocycles. The number of aryl methyl sites for hydroxylation is 1. The Labute approximate surface area is 112 Å². The number of ether oxygens (including phenoxy) is 1. The molecule has 1 heterocycles. The minimum absolute atomic E-state index is 0.363. The fourth-order valence-electron chi connectivity index (χ4n) is 1.66. The third-order valence-electron chi connectivity index (χ3n) is 2.73. The second-order valence-corrected chi connectivity index (χ2v) is 4.41. The van der Waals surface area contributed by atoms with Gasteiger partial charge in [-0.2, -0.15) is 0 Å². The summed E-state index contributed by atoms with van der Waals surface area (Å²) in [5, 5.41) is 0. The van der Waals surface area contributed by atoms with Gasteiger partial charge in [0.25, 0.3) is 0 Å². The fraction of sp³-hybridized carbons (Fsp3) is 0.200. The number of pyridine rings is 1. The average molecular weight is 257 g/mol. The summed E-state index contributed by atoms with van der Waals surface area (Å²) in [7, 11) is 3.63. The van der Waals surface area contributed by atoms with Gasteiger partial charge >= 0.3 is 6.09 Å². The Morgan fingerprint density at radius 1 is 1.16 bits per heavy atom. The zero-order valence-electron chi connectivity index (χ0n) is 11.1. The maximum absolute atomic E-state index is 11.9. The Hall–Kier alpha value is -2.36. The fourth-order valence-corrected chi connectivity index (χ4v) is 1.66. The zero-order valence-corrected chi connectivity index (χ0v) is 11.1. The van der Waals surface area contributed by atoms with Crippen molar-refractivity contribution in [3.63, 3.8) is 0 Å². The van der Waals surface area contributed by atoms with Crippen LogP contribution in [0.4, 0.5) is 4.79 Å². The second kappa shape index (κ2) is 6.00. The van der Waals surface area contributed by atoms with Crippen LogP contribution in [0.2, 0.25) is 0 Å². The Morgan fingerprint density at radius 2 is 1.79 bits per heavy atom. The standard InChI is InChI=1S/C15H17N2O2/c1-16-10-8-14(9-11-16)19-15(18)17(2)12-13-6-4-3-5-7-13/h3-11H,12H2,1-2H3/q+1. The first-order chi connectivity index (χ1) is 9.15. The van der Waals surface area contributed by atoms with Gasteiger partial charge < -0.3 is 9.64 Å². The van der Waals surface area contributed by atoms with Gasteiger partial charge in [0.05, 0.1) is 0 Å². The number of amides is 1. The SMILES string of the molecule is CN(Cc1ccccc1)C(=O)Oc1cc[n+](C)cc1. The summed E-state index contributed by atoms with van der Waals surface area (Å²) >= 11 is 0. The van der Waals surface area contributed by atoms with Crippen molar-refractivity contribution in [3.05, 3.63) is 60.4 Å². The van der Waals surface area contributed by atoms with Crippen molar-refractivity contribution in [1.82, 2.24) is 4.90 Å². The summed E-state index contributed by atoms with van der Waals surface area (Å²) in [4.78, 5) is 13.4. The van der Waals surface area contributed by atoms with Crippen molar-refractivity contribution in [2.45, 2.75) is 6.54 Å². The molecule has 1 aromatic carbocycles. The van der Waals surface area contributed by atoms with Crippen molar-refractivity contribution in [2.75, 3.05) is 7.05 Å². The van der Waals surface area contributed by atoms with Crippen LogP contribution in [0.15, 0.2) is 54.9 Å². The maximum Gasteiger partial charge on any atom is 0.415 e. The third kappa shape index (κ3) is 3.81. The van der Waals surface area contributed by atoms with E-state index in [1.165, 1.54) is 0 Å². The molecule has 0 N–H and O–H groups in total. The highest BCUT2D eigenvalue weighted by Crippen LogP contribution is 2.09. The molecule has 0 aliphatic heterocycles. The van der Waals surface area contributed by atoms with Crippen molar-refractivity contribution in [3.8, 4) is 5.75 Å². The smallest absolute Gasteiger partial charge is 0.410 e. The number of benzene rings is 1. The van der Waals surface area contributed by atoms with Crippen LogP contribution in [0.1, 0.15) is 5.56 Å². The number of carbonyl (C=O) groups excluding carboxylic acids is 1. The van der Waals surface area contributed by atoms with Crippen LogP contribution in [-0.2, 0) is 13.6 Å². The largest absolute Gasteiger partial charge is 0.415 e. The van der Waals surface area contributed by atoms with Gasteiger partial charge in [0.1, 0.15) is 12.8 Å². The first-order valence-corrected chi connectivity index (χ1v) is 6.07. The number of nitrogens with zero attached hydrogens (tertiary/aromatic N) is 2.